The second-order valence-corrected chi connectivity index (χ2v) is 7.79. The van der Waals surface area contributed by atoms with Crippen molar-refractivity contribution in [3.8, 4) is 0 Å². The molecule has 0 bridgehead atoms. The van der Waals surface area contributed by atoms with Gasteiger partial charge >= 0.3 is 0 Å². The summed E-state index contributed by atoms with van der Waals surface area (Å²) >= 11 is 0. The SMILES string of the molecule is CCn1c(CN(C)C)nnc1C1CCN(c2cc(C3CC3)ncn2)CC1. The lowest BCUT2D eigenvalue weighted by Crippen LogP contribution is -2.34. The lowest BCUT2D eigenvalue weighted by Gasteiger charge is -2.32. The highest BCUT2D eigenvalue weighted by Crippen LogP contribution is 2.39. The lowest BCUT2D eigenvalue weighted by molar-refractivity contribution is 0.377. The Morgan fingerprint density at radius 2 is 1.81 bits per heavy atom. The molecule has 2 aliphatic rings. The number of aromatic nitrogens is 5. The zero-order valence-electron chi connectivity index (χ0n) is 16.1. The maximum Gasteiger partial charge on any atom is 0.147 e. The van der Waals surface area contributed by atoms with Crippen LogP contribution >= 0.6 is 0 Å². The molecule has 1 aliphatic heterocycles. The first kappa shape index (κ1) is 17.4. The first-order valence-electron chi connectivity index (χ1n) is 9.79. The summed E-state index contributed by atoms with van der Waals surface area (Å²) in [6.07, 6.45) is 6.49. The van der Waals surface area contributed by atoms with E-state index in [2.05, 4.69) is 61.6 Å². The summed E-state index contributed by atoms with van der Waals surface area (Å²) in [7, 11) is 4.15. The molecule has 7 heteroatoms. The van der Waals surface area contributed by atoms with E-state index < -0.39 is 0 Å². The third-order valence-corrected chi connectivity index (χ3v) is 5.48. The van der Waals surface area contributed by atoms with Crippen LogP contribution in [0.3, 0.4) is 0 Å². The molecule has 0 atom stereocenters. The van der Waals surface area contributed by atoms with Crippen LogP contribution in [-0.2, 0) is 13.1 Å². The molecule has 0 unspecified atom stereocenters. The Morgan fingerprint density at radius 3 is 2.46 bits per heavy atom. The van der Waals surface area contributed by atoms with Gasteiger partial charge in [-0.2, -0.15) is 0 Å². The van der Waals surface area contributed by atoms with E-state index in [1.54, 1.807) is 6.33 Å². The zero-order valence-corrected chi connectivity index (χ0v) is 16.1. The largest absolute Gasteiger partial charge is 0.356 e. The molecule has 3 heterocycles. The number of nitrogens with zero attached hydrogens (tertiary/aromatic N) is 7. The van der Waals surface area contributed by atoms with Crippen molar-refractivity contribution in [1.29, 1.82) is 0 Å². The summed E-state index contributed by atoms with van der Waals surface area (Å²) in [5.41, 5.74) is 1.22. The molecule has 0 N–H and O–H groups in total. The zero-order chi connectivity index (χ0) is 18.1. The predicted molar refractivity (Wildman–Crippen MR) is 101 cm³/mol. The van der Waals surface area contributed by atoms with Crippen molar-refractivity contribution in [3.05, 3.63) is 29.7 Å². The van der Waals surface area contributed by atoms with Gasteiger partial charge in [0.15, 0.2) is 0 Å². The predicted octanol–water partition coefficient (Wildman–Crippen LogP) is 2.41. The molecule has 0 radical (unpaired) electrons. The molecule has 7 nitrogen and oxygen atoms in total. The van der Waals surface area contributed by atoms with Crippen LogP contribution in [0.5, 0.6) is 0 Å². The first-order chi connectivity index (χ1) is 12.7. The van der Waals surface area contributed by atoms with Gasteiger partial charge in [-0.15, -0.1) is 10.2 Å². The van der Waals surface area contributed by atoms with Gasteiger partial charge in [-0.05, 0) is 46.7 Å². The van der Waals surface area contributed by atoms with Crippen LogP contribution in [-0.4, -0.2) is 56.8 Å². The fourth-order valence-electron chi connectivity index (χ4n) is 3.90. The molecule has 0 spiro atoms. The summed E-state index contributed by atoms with van der Waals surface area (Å²) in [4.78, 5) is 13.5. The third-order valence-electron chi connectivity index (χ3n) is 5.48. The van der Waals surface area contributed by atoms with Crippen molar-refractivity contribution in [2.24, 2.45) is 0 Å². The highest BCUT2D eigenvalue weighted by molar-refractivity contribution is 5.41. The summed E-state index contributed by atoms with van der Waals surface area (Å²) in [6.45, 7) is 5.99. The molecule has 0 aromatic carbocycles. The second-order valence-electron chi connectivity index (χ2n) is 7.79. The van der Waals surface area contributed by atoms with Gasteiger partial charge in [-0.1, -0.05) is 0 Å². The highest BCUT2D eigenvalue weighted by Gasteiger charge is 2.28. The monoisotopic (exact) mass is 355 g/mol. The molecular formula is C19H29N7. The van der Waals surface area contributed by atoms with Crippen LogP contribution in [0, 0.1) is 0 Å². The number of piperidine rings is 1. The quantitative estimate of drug-likeness (QED) is 0.793. The lowest BCUT2D eigenvalue weighted by atomic mass is 9.95. The Bertz CT molecular complexity index is 742. The minimum atomic E-state index is 0.486. The molecule has 2 fully saturated rings. The molecule has 140 valence electrons. The van der Waals surface area contributed by atoms with Gasteiger partial charge in [-0.25, -0.2) is 9.97 Å². The van der Waals surface area contributed by atoms with E-state index in [4.69, 9.17) is 0 Å². The van der Waals surface area contributed by atoms with Gasteiger partial charge in [0.2, 0.25) is 0 Å². The summed E-state index contributed by atoms with van der Waals surface area (Å²) in [6, 6.07) is 2.20. The Labute approximate surface area is 155 Å². The number of hydrogen-bond acceptors (Lipinski definition) is 6. The van der Waals surface area contributed by atoms with Gasteiger partial charge in [0, 0.05) is 43.2 Å². The van der Waals surface area contributed by atoms with E-state index in [-0.39, 0.29) is 0 Å². The molecule has 2 aromatic heterocycles. The Balaban J connectivity index is 1.43. The average molecular weight is 355 g/mol. The number of hydrogen-bond donors (Lipinski definition) is 0. The van der Waals surface area contributed by atoms with Gasteiger partial charge in [0.1, 0.15) is 23.8 Å². The Kier molecular flexibility index (Phi) is 4.89. The van der Waals surface area contributed by atoms with E-state index in [9.17, 15) is 0 Å². The summed E-state index contributed by atoms with van der Waals surface area (Å²) in [5.74, 6) is 4.47. The summed E-state index contributed by atoms with van der Waals surface area (Å²) < 4.78 is 2.30. The molecule has 1 saturated carbocycles. The van der Waals surface area contributed by atoms with Crippen molar-refractivity contribution in [3.63, 3.8) is 0 Å². The van der Waals surface area contributed by atoms with Crippen LogP contribution in [0.4, 0.5) is 5.82 Å². The summed E-state index contributed by atoms with van der Waals surface area (Å²) in [5, 5.41) is 9.00. The van der Waals surface area contributed by atoms with Crippen molar-refractivity contribution >= 4 is 5.82 Å². The standard InChI is InChI=1S/C19H29N7/c1-4-26-18(12-24(2)3)22-23-19(26)15-7-9-25(10-8-15)17-11-16(14-5-6-14)20-13-21-17/h11,13-15H,4-10,12H2,1-3H3. The third kappa shape index (κ3) is 3.58. The van der Waals surface area contributed by atoms with Crippen LogP contribution in [0.25, 0.3) is 0 Å². The van der Waals surface area contributed by atoms with Crippen LogP contribution in [0.15, 0.2) is 12.4 Å². The molecule has 1 aliphatic carbocycles. The van der Waals surface area contributed by atoms with E-state index in [0.717, 1.165) is 56.5 Å². The van der Waals surface area contributed by atoms with Crippen molar-refractivity contribution in [1.82, 2.24) is 29.6 Å². The fourth-order valence-corrected chi connectivity index (χ4v) is 3.90. The Hall–Kier alpha value is -2.02. The van der Waals surface area contributed by atoms with E-state index >= 15 is 0 Å². The molecule has 26 heavy (non-hydrogen) atoms. The van der Waals surface area contributed by atoms with E-state index in [1.165, 1.54) is 18.5 Å². The van der Waals surface area contributed by atoms with Crippen molar-refractivity contribution in [2.75, 3.05) is 32.1 Å². The van der Waals surface area contributed by atoms with Gasteiger partial charge in [-0.3, -0.25) is 0 Å². The topological polar surface area (TPSA) is 63.0 Å². The highest BCUT2D eigenvalue weighted by atomic mass is 15.3. The van der Waals surface area contributed by atoms with Crippen LogP contribution in [0.2, 0.25) is 0 Å². The molecular weight excluding hydrogens is 326 g/mol. The smallest absolute Gasteiger partial charge is 0.147 e. The minimum absolute atomic E-state index is 0.486. The van der Waals surface area contributed by atoms with Gasteiger partial charge < -0.3 is 14.4 Å². The second kappa shape index (κ2) is 7.31. The molecule has 0 amide bonds. The number of anilines is 1. The van der Waals surface area contributed by atoms with Gasteiger partial charge in [0.25, 0.3) is 0 Å². The van der Waals surface area contributed by atoms with E-state index in [0.29, 0.717) is 11.8 Å². The maximum atomic E-state index is 4.55. The Morgan fingerprint density at radius 1 is 1.04 bits per heavy atom. The normalized spacial score (nSPS) is 18.7. The van der Waals surface area contributed by atoms with Crippen molar-refractivity contribution in [2.45, 2.75) is 57.5 Å². The average Bonchev–Trinajstić information content (AvgIpc) is 3.43. The van der Waals surface area contributed by atoms with Crippen LogP contribution in [0.1, 0.15) is 61.8 Å². The maximum absolute atomic E-state index is 4.55. The van der Waals surface area contributed by atoms with Crippen LogP contribution < -0.4 is 4.90 Å². The van der Waals surface area contributed by atoms with Gasteiger partial charge in [0.05, 0.1) is 6.54 Å². The molecule has 2 aromatic rings. The number of rotatable bonds is 6. The fraction of sp³-hybridized carbons (Fsp3) is 0.684. The first-order valence-corrected chi connectivity index (χ1v) is 9.79. The van der Waals surface area contributed by atoms with Crippen molar-refractivity contribution < 1.29 is 0 Å². The minimum Gasteiger partial charge on any atom is -0.356 e. The molecule has 4 rings (SSSR count). The van der Waals surface area contributed by atoms with E-state index in [1.807, 2.05) is 0 Å². The molecule has 1 saturated heterocycles.